The predicted molar refractivity (Wildman–Crippen MR) is 38.5 cm³/mol. The zero-order chi connectivity index (χ0) is 8.41. The summed E-state index contributed by atoms with van der Waals surface area (Å²) < 4.78 is 8.57. The van der Waals surface area contributed by atoms with Gasteiger partial charge in [-0.1, -0.05) is 0 Å². The molecule has 0 saturated carbocycles. The molecule has 1 unspecified atom stereocenters. The number of carbonyl (C=O) groups is 1. The molecule has 0 aromatic rings. The molecule has 0 aromatic carbocycles. The van der Waals surface area contributed by atoms with Crippen LogP contribution in [-0.4, -0.2) is 22.5 Å². The zero-order valence-electron chi connectivity index (χ0n) is 5.49. The highest BCUT2D eigenvalue weighted by atomic mass is 31.1. The monoisotopic (exact) mass is 169 g/mol. The second-order valence-electron chi connectivity index (χ2n) is 1.39. The van der Waals surface area contributed by atoms with Gasteiger partial charge in [0.1, 0.15) is 0 Å². The molecule has 1 atom stereocenters. The molecule has 0 heterocycles. The molecule has 0 rings (SSSR count). The minimum Gasteiger partial charge on any atom is -0.481 e. The van der Waals surface area contributed by atoms with E-state index < -0.39 is 14.7 Å². The van der Waals surface area contributed by atoms with Crippen molar-refractivity contribution in [1.29, 1.82) is 0 Å². The van der Waals surface area contributed by atoms with E-state index in [4.69, 9.17) is 20.3 Å². The molecule has 5 nitrogen and oxygen atoms in total. The maximum atomic E-state index is 9.70. The van der Waals surface area contributed by atoms with E-state index in [2.05, 4.69) is 0 Å². The van der Waals surface area contributed by atoms with Crippen LogP contribution in [0.3, 0.4) is 0 Å². The van der Waals surface area contributed by atoms with Gasteiger partial charge in [0, 0.05) is 6.42 Å². The Kier molecular flexibility index (Phi) is 14.1. The van der Waals surface area contributed by atoms with Gasteiger partial charge in [-0.2, -0.15) is 0 Å². The Hall–Kier alpha value is -0.380. The lowest BCUT2D eigenvalue weighted by molar-refractivity contribution is -0.137. The summed E-state index contributed by atoms with van der Waals surface area (Å²) in [5.41, 5.74) is 5.01. The van der Waals surface area contributed by atoms with Gasteiger partial charge in [0.25, 0.3) is 0 Å². The topological polar surface area (TPSA) is 101 Å². The fourth-order valence-electron chi connectivity index (χ4n) is 0.253. The van der Waals surface area contributed by atoms with Gasteiger partial charge in [0.05, 0.1) is 0 Å². The van der Waals surface area contributed by atoms with Crippen molar-refractivity contribution in [3.8, 4) is 0 Å². The number of hydrogen-bond donors (Lipinski definition) is 3. The van der Waals surface area contributed by atoms with Crippen molar-refractivity contribution in [2.75, 3.05) is 6.54 Å². The van der Waals surface area contributed by atoms with Gasteiger partial charge in [-0.25, -0.2) is 0 Å². The van der Waals surface area contributed by atoms with Gasteiger partial charge in [0.15, 0.2) is 8.69 Å². The molecule has 6 heteroatoms. The standard InChI is InChI=1S/C4H9NO2.H3O2P/c5-3-1-2-4(6)7;1-3-2/h1-3,5H2,(H,6,7);3H2,(H,1,2). The summed E-state index contributed by atoms with van der Waals surface area (Å²) in [6, 6.07) is 0. The van der Waals surface area contributed by atoms with Crippen molar-refractivity contribution >= 4 is 14.7 Å². The minimum absolute atomic E-state index is 0.191. The van der Waals surface area contributed by atoms with E-state index in [-0.39, 0.29) is 6.42 Å². The summed E-state index contributed by atoms with van der Waals surface area (Å²) in [6.07, 6.45) is 0.770. The number of aliphatic carboxylic acids is 1. The Labute approximate surface area is 60.1 Å². The first-order valence-electron chi connectivity index (χ1n) is 2.68. The SMILES string of the molecule is NCCCC(=O)O.O=[PH2]O. The summed E-state index contributed by atoms with van der Waals surface area (Å²) in [6.45, 7) is 0.465. The molecule has 0 aromatic heterocycles. The van der Waals surface area contributed by atoms with E-state index in [0.29, 0.717) is 13.0 Å². The summed E-state index contributed by atoms with van der Waals surface area (Å²) in [7, 11) is -1.50. The Bertz CT molecular complexity index is 97.3. The highest BCUT2D eigenvalue weighted by Gasteiger charge is 1.91. The molecular weight excluding hydrogens is 157 g/mol. The van der Waals surface area contributed by atoms with E-state index in [1.807, 2.05) is 0 Å². The zero-order valence-corrected chi connectivity index (χ0v) is 6.64. The summed E-state index contributed by atoms with van der Waals surface area (Å²) >= 11 is 0. The van der Waals surface area contributed by atoms with Gasteiger partial charge in [-0.3, -0.25) is 9.36 Å². The van der Waals surface area contributed by atoms with Crippen molar-refractivity contribution in [2.45, 2.75) is 12.8 Å². The molecule has 0 amide bonds. The van der Waals surface area contributed by atoms with Crippen LogP contribution in [0.2, 0.25) is 0 Å². The van der Waals surface area contributed by atoms with Crippen LogP contribution in [0, 0.1) is 0 Å². The minimum atomic E-state index is -1.50. The lowest BCUT2D eigenvalue weighted by Gasteiger charge is -1.86. The third-order valence-electron chi connectivity index (χ3n) is 0.595. The third kappa shape index (κ3) is 25.5. The lowest BCUT2D eigenvalue weighted by Crippen LogP contribution is -2.02. The van der Waals surface area contributed by atoms with Crippen molar-refractivity contribution in [1.82, 2.24) is 0 Å². The Morgan fingerprint density at radius 1 is 1.60 bits per heavy atom. The van der Waals surface area contributed by atoms with Crippen LogP contribution >= 0.6 is 8.69 Å². The van der Waals surface area contributed by atoms with Crippen LogP contribution in [0.25, 0.3) is 0 Å². The average Bonchev–Trinajstić information content (AvgIpc) is 1.85. The highest BCUT2D eigenvalue weighted by Crippen LogP contribution is 1.82. The van der Waals surface area contributed by atoms with E-state index in [0.717, 1.165) is 0 Å². The molecule has 0 aliphatic carbocycles. The largest absolute Gasteiger partial charge is 0.481 e. The molecule has 0 fully saturated rings. The maximum Gasteiger partial charge on any atom is 0.303 e. The van der Waals surface area contributed by atoms with Crippen molar-refractivity contribution in [2.24, 2.45) is 5.73 Å². The van der Waals surface area contributed by atoms with Gasteiger partial charge >= 0.3 is 5.97 Å². The van der Waals surface area contributed by atoms with Gasteiger partial charge in [0.2, 0.25) is 0 Å². The second-order valence-corrected chi connectivity index (χ2v) is 1.60. The number of rotatable bonds is 3. The summed E-state index contributed by atoms with van der Waals surface area (Å²) in [5.74, 6) is -0.773. The molecule has 0 bridgehead atoms. The molecular formula is C4H12NO4P. The van der Waals surface area contributed by atoms with Crippen LogP contribution in [0.15, 0.2) is 0 Å². The molecule has 4 N–H and O–H groups in total. The van der Waals surface area contributed by atoms with Crippen molar-refractivity contribution in [3.05, 3.63) is 0 Å². The number of nitrogens with two attached hydrogens (primary N) is 1. The quantitative estimate of drug-likeness (QED) is 0.492. The Morgan fingerprint density at radius 3 is 2.10 bits per heavy atom. The third-order valence-corrected chi connectivity index (χ3v) is 0.595. The molecule has 62 valence electrons. The number of carboxylic acids is 1. The molecule has 10 heavy (non-hydrogen) atoms. The van der Waals surface area contributed by atoms with E-state index in [1.165, 1.54) is 0 Å². The van der Waals surface area contributed by atoms with E-state index in [9.17, 15) is 4.79 Å². The molecule has 0 saturated heterocycles. The number of hydrogen-bond acceptors (Lipinski definition) is 3. The van der Waals surface area contributed by atoms with Crippen LogP contribution in [0.4, 0.5) is 0 Å². The van der Waals surface area contributed by atoms with E-state index in [1.54, 1.807) is 0 Å². The average molecular weight is 169 g/mol. The fourth-order valence-corrected chi connectivity index (χ4v) is 0.253. The highest BCUT2D eigenvalue weighted by molar-refractivity contribution is 7.16. The van der Waals surface area contributed by atoms with Crippen LogP contribution < -0.4 is 5.73 Å². The summed E-state index contributed by atoms with van der Waals surface area (Å²) in [4.78, 5) is 16.8. The smallest absolute Gasteiger partial charge is 0.303 e. The van der Waals surface area contributed by atoms with E-state index >= 15 is 0 Å². The Balaban J connectivity index is 0. The second kappa shape index (κ2) is 11.4. The van der Waals surface area contributed by atoms with Crippen molar-refractivity contribution in [3.63, 3.8) is 0 Å². The van der Waals surface area contributed by atoms with Crippen LogP contribution in [0.1, 0.15) is 12.8 Å². The van der Waals surface area contributed by atoms with Crippen molar-refractivity contribution < 1.29 is 19.4 Å². The first-order valence-corrected chi connectivity index (χ1v) is 3.67. The van der Waals surface area contributed by atoms with Crippen LogP contribution in [-0.2, 0) is 9.36 Å². The molecule has 0 aliphatic heterocycles. The first-order chi connectivity index (χ1) is 4.68. The normalized spacial score (nSPS) is 9.00. The van der Waals surface area contributed by atoms with Gasteiger partial charge in [-0.15, -0.1) is 0 Å². The lowest BCUT2D eigenvalue weighted by atomic mass is 10.3. The predicted octanol–water partition coefficient (Wildman–Crippen LogP) is -0.540. The Morgan fingerprint density at radius 2 is 2.00 bits per heavy atom. The summed E-state index contributed by atoms with van der Waals surface area (Å²) in [5, 5.41) is 7.99. The van der Waals surface area contributed by atoms with Gasteiger partial charge < -0.3 is 15.7 Å². The van der Waals surface area contributed by atoms with Gasteiger partial charge in [-0.05, 0) is 13.0 Å². The van der Waals surface area contributed by atoms with Crippen LogP contribution in [0.5, 0.6) is 0 Å². The molecule has 0 spiro atoms. The fraction of sp³-hybridized carbons (Fsp3) is 0.750. The molecule has 0 aliphatic rings. The number of carboxylic acid groups (broad SMARTS) is 1. The molecule has 0 radical (unpaired) electrons. The maximum absolute atomic E-state index is 9.70. The first kappa shape index (κ1) is 12.3.